The van der Waals surface area contributed by atoms with Gasteiger partial charge in [-0.15, -0.1) is 6.58 Å². The third-order valence-corrected chi connectivity index (χ3v) is 7.30. The molecule has 1 saturated heterocycles. The molecule has 2 aliphatic rings. The average Bonchev–Trinajstić information content (AvgIpc) is 2.75. The van der Waals surface area contributed by atoms with Crippen molar-refractivity contribution in [1.29, 1.82) is 0 Å². The summed E-state index contributed by atoms with van der Waals surface area (Å²) in [4.78, 5) is 31.7. The number of amides is 3. The van der Waals surface area contributed by atoms with Gasteiger partial charge in [-0.1, -0.05) is 26.8 Å². The van der Waals surface area contributed by atoms with E-state index in [0.717, 1.165) is 6.04 Å². The summed E-state index contributed by atoms with van der Waals surface area (Å²) >= 11 is 0. The summed E-state index contributed by atoms with van der Waals surface area (Å²) in [5.74, 6) is -0.534. The number of hydroxylamine groups is 2. The Morgan fingerprint density at radius 2 is 2.12 bits per heavy atom. The second-order valence-electron chi connectivity index (χ2n) is 8.72. The van der Waals surface area contributed by atoms with Crippen LogP contribution in [-0.2, 0) is 14.1 Å². The van der Waals surface area contributed by atoms with Crippen LogP contribution in [0.3, 0.4) is 0 Å². The number of rotatable bonds is 8. The summed E-state index contributed by atoms with van der Waals surface area (Å²) in [7, 11) is -1.90. The van der Waals surface area contributed by atoms with Crippen molar-refractivity contribution in [2.24, 2.45) is 11.1 Å². The fraction of sp³-hybridized carbons (Fsp3) is 0.667. The molecule has 3 amide bonds. The number of carbonyl (C=O) groups is 2. The molecule has 2 N–H and O–H groups in total. The lowest BCUT2D eigenvalue weighted by Crippen LogP contribution is -2.46. The van der Waals surface area contributed by atoms with Gasteiger partial charge in [0.2, 0.25) is 5.91 Å². The van der Waals surface area contributed by atoms with Crippen molar-refractivity contribution in [3.8, 4) is 0 Å². The minimum Gasteiger partial charge on any atom is -0.415 e. The quantitative estimate of drug-likeness (QED) is 0.516. The number of fused-ring (bicyclic) bond motifs is 2. The first-order valence-electron chi connectivity index (χ1n) is 8.94. The molecule has 1 fully saturated rings. The third-order valence-electron chi connectivity index (χ3n) is 4.44. The molecular weight excluding hydrogens is 350 g/mol. The first-order valence-corrected chi connectivity index (χ1v) is 12.1. The zero-order valence-corrected chi connectivity index (χ0v) is 17.4. The largest absolute Gasteiger partial charge is 0.415 e. The van der Waals surface area contributed by atoms with Crippen LogP contribution in [0.4, 0.5) is 4.79 Å². The van der Waals surface area contributed by atoms with Crippen molar-refractivity contribution in [2.45, 2.75) is 52.0 Å². The van der Waals surface area contributed by atoms with Gasteiger partial charge in [0.05, 0.1) is 25.8 Å². The maximum atomic E-state index is 12.7. The molecule has 0 aromatic rings. The van der Waals surface area contributed by atoms with Crippen molar-refractivity contribution < 1.29 is 18.9 Å². The van der Waals surface area contributed by atoms with E-state index in [9.17, 15) is 9.59 Å². The van der Waals surface area contributed by atoms with Crippen LogP contribution in [0.25, 0.3) is 0 Å². The highest BCUT2D eigenvalue weighted by Crippen LogP contribution is 2.32. The van der Waals surface area contributed by atoms with Crippen molar-refractivity contribution in [3.63, 3.8) is 0 Å². The summed E-state index contributed by atoms with van der Waals surface area (Å²) in [6.07, 6.45) is 3.31. The van der Waals surface area contributed by atoms with Crippen LogP contribution in [0.2, 0.25) is 19.1 Å². The van der Waals surface area contributed by atoms with Gasteiger partial charge >= 0.3 is 6.03 Å². The smallest absolute Gasteiger partial charge is 0.345 e. The van der Waals surface area contributed by atoms with Crippen LogP contribution < -0.4 is 5.73 Å². The second kappa shape index (κ2) is 7.54. The fourth-order valence-corrected chi connectivity index (χ4v) is 7.09. The Labute approximate surface area is 156 Å². The second-order valence-corrected chi connectivity index (χ2v) is 12.9. The molecule has 0 aromatic heterocycles. The van der Waals surface area contributed by atoms with Gasteiger partial charge in [0.1, 0.15) is 6.04 Å². The Morgan fingerprint density at radius 3 is 2.65 bits per heavy atom. The molecule has 0 saturated carbocycles. The lowest BCUT2D eigenvalue weighted by atomic mass is 10.00. The number of nitrogens with two attached hydrogens (primary N) is 1. The Morgan fingerprint density at radius 1 is 1.46 bits per heavy atom. The third kappa shape index (κ3) is 4.75. The highest BCUT2D eigenvalue weighted by Gasteiger charge is 2.48. The van der Waals surface area contributed by atoms with Gasteiger partial charge in [-0.3, -0.25) is 9.63 Å². The predicted molar refractivity (Wildman–Crippen MR) is 103 cm³/mol. The topological polar surface area (TPSA) is 85.1 Å². The minimum atomic E-state index is -1.90. The molecule has 0 aliphatic carbocycles. The van der Waals surface area contributed by atoms with Crippen molar-refractivity contribution in [2.75, 3.05) is 19.8 Å². The predicted octanol–water partition coefficient (Wildman–Crippen LogP) is 2.27. The fourth-order valence-electron chi connectivity index (χ4n) is 3.81. The van der Waals surface area contributed by atoms with Crippen LogP contribution in [0.1, 0.15) is 20.8 Å². The number of hydrogen-bond acceptors (Lipinski definition) is 4. The molecule has 146 valence electrons. The highest BCUT2D eigenvalue weighted by molar-refractivity contribution is 6.71. The van der Waals surface area contributed by atoms with Crippen LogP contribution in [0.15, 0.2) is 24.3 Å². The summed E-state index contributed by atoms with van der Waals surface area (Å²) < 4.78 is 6.26. The Hall–Kier alpha value is -1.64. The maximum Gasteiger partial charge on any atom is 0.345 e. The Bertz CT molecular complexity index is 612. The Balaban J connectivity index is 2.15. The molecule has 7 nitrogen and oxygen atoms in total. The summed E-state index contributed by atoms with van der Waals surface area (Å²) in [5, 5.41) is 1.23. The number of urea groups is 1. The first-order chi connectivity index (χ1) is 11.9. The van der Waals surface area contributed by atoms with Gasteiger partial charge in [-0.25, -0.2) is 4.79 Å². The molecule has 0 aromatic carbocycles. The van der Waals surface area contributed by atoms with E-state index in [1.54, 1.807) is 17.1 Å². The number of nitrogens with zero attached hydrogens (tertiary/aromatic N) is 2. The zero-order valence-electron chi connectivity index (χ0n) is 16.4. The lowest BCUT2D eigenvalue weighted by molar-refractivity contribution is -0.123. The van der Waals surface area contributed by atoms with E-state index in [4.69, 9.17) is 15.0 Å². The molecule has 2 rings (SSSR count). The van der Waals surface area contributed by atoms with E-state index in [1.165, 1.54) is 5.06 Å². The minimum absolute atomic E-state index is 0.181. The molecule has 2 aliphatic heterocycles. The standard InChI is InChI=1S/C18H31N3O4Si/c1-7-8-24-21-15-10-20(17(21)23)13(9-14(15)16(19)22)11-25-26(5,6)12-18(2,3)4/h7,9,13,15H,1,8,10-12H2,2-6H3,(H2,19,22)/t13-,15-/m0/s1. The van der Waals surface area contributed by atoms with E-state index in [2.05, 4.69) is 40.4 Å². The molecular formula is C18H31N3O4Si. The number of carbonyl (C=O) groups excluding carboxylic acids is 2. The van der Waals surface area contributed by atoms with Gasteiger partial charge in [0, 0.05) is 5.57 Å². The molecule has 0 spiro atoms. The highest BCUT2D eigenvalue weighted by atomic mass is 28.4. The van der Waals surface area contributed by atoms with E-state index in [1.807, 2.05) is 0 Å². The SMILES string of the molecule is C=CCON1C(=O)N2C[C@H]1C(C(N)=O)=C[C@H]2CO[Si](C)(C)CC(C)(C)C. The Kier molecular flexibility index (Phi) is 5.99. The molecule has 2 heterocycles. The van der Waals surface area contributed by atoms with Crippen LogP contribution in [-0.4, -0.2) is 62.1 Å². The lowest BCUT2D eigenvalue weighted by Gasteiger charge is -2.34. The van der Waals surface area contributed by atoms with E-state index < -0.39 is 20.3 Å². The van der Waals surface area contributed by atoms with Gasteiger partial charge in [0.15, 0.2) is 8.32 Å². The van der Waals surface area contributed by atoms with E-state index in [0.29, 0.717) is 18.7 Å². The maximum absolute atomic E-state index is 12.7. The first kappa shape index (κ1) is 20.7. The molecule has 8 heteroatoms. The molecule has 2 bridgehead atoms. The summed E-state index contributed by atoms with van der Waals surface area (Å²) in [6.45, 7) is 15.4. The van der Waals surface area contributed by atoms with Gasteiger partial charge in [-0.2, -0.15) is 5.06 Å². The molecule has 0 radical (unpaired) electrons. The number of hydrogen-bond donors (Lipinski definition) is 1. The van der Waals surface area contributed by atoms with E-state index in [-0.39, 0.29) is 24.1 Å². The monoisotopic (exact) mass is 381 g/mol. The molecule has 26 heavy (non-hydrogen) atoms. The van der Waals surface area contributed by atoms with Gasteiger partial charge in [-0.05, 0) is 30.6 Å². The zero-order chi connectivity index (χ0) is 19.7. The van der Waals surface area contributed by atoms with Crippen molar-refractivity contribution in [1.82, 2.24) is 9.96 Å². The van der Waals surface area contributed by atoms with Crippen LogP contribution in [0, 0.1) is 5.41 Å². The van der Waals surface area contributed by atoms with Crippen molar-refractivity contribution >= 4 is 20.3 Å². The number of primary amides is 1. The van der Waals surface area contributed by atoms with Crippen molar-refractivity contribution in [3.05, 3.63) is 24.3 Å². The van der Waals surface area contributed by atoms with Gasteiger partial charge < -0.3 is 15.1 Å². The summed E-state index contributed by atoms with van der Waals surface area (Å²) in [6, 6.07) is -0.0563. The van der Waals surface area contributed by atoms with Crippen LogP contribution in [0.5, 0.6) is 0 Å². The van der Waals surface area contributed by atoms with Gasteiger partial charge in [0.25, 0.3) is 0 Å². The summed E-state index contributed by atoms with van der Waals surface area (Å²) in [5.41, 5.74) is 6.13. The normalized spacial score (nSPS) is 23.3. The van der Waals surface area contributed by atoms with E-state index >= 15 is 0 Å². The molecule has 2 atom stereocenters. The van der Waals surface area contributed by atoms with Crippen LogP contribution >= 0.6 is 0 Å². The average molecular weight is 382 g/mol. The molecule has 0 unspecified atom stereocenters.